The molecule has 0 fully saturated rings. The van der Waals surface area contributed by atoms with Gasteiger partial charge >= 0.3 is 0 Å². The molecule has 0 bridgehead atoms. The van der Waals surface area contributed by atoms with E-state index in [1.165, 1.54) is 0 Å². The number of aliphatic hydroxyl groups is 1. The number of para-hydroxylation sites is 1. The van der Waals surface area contributed by atoms with Crippen LogP contribution < -0.4 is 15.4 Å². The molecule has 1 unspecified atom stereocenters. The molecule has 5 heteroatoms. The van der Waals surface area contributed by atoms with Crippen LogP contribution in [0.5, 0.6) is 5.75 Å². The highest BCUT2D eigenvalue weighted by molar-refractivity contribution is 5.77. The summed E-state index contributed by atoms with van der Waals surface area (Å²) in [6.45, 7) is 3.20. The Morgan fingerprint density at radius 1 is 1.39 bits per heavy atom. The lowest BCUT2D eigenvalue weighted by atomic mass is 10.3. The Labute approximate surface area is 107 Å². The SMILES string of the molecule is CCNC(=O)CNCC(O)COc1ccccc1. The zero-order valence-electron chi connectivity index (χ0n) is 10.6. The number of rotatable bonds is 8. The van der Waals surface area contributed by atoms with Gasteiger partial charge in [0, 0.05) is 13.1 Å². The number of ether oxygens (including phenoxy) is 1. The van der Waals surface area contributed by atoms with Gasteiger partial charge < -0.3 is 20.5 Å². The van der Waals surface area contributed by atoms with Crippen molar-refractivity contribution in [2.45, 2.75) is 13.0 Å². The predicted octanol–water partition coefficient (Wildman–Crippen LogP) is 0.152. The Morgan fingerprint density at radius 2 is 2.11 bits per heavy atom. The van der Waals surface area contributed by atoms with Gasteiger partial charge in [-0.25, -0.2) is 0 Å². The predicted molar refractivity (Wildman–Crippen MR) is 69.5 cm³/mol. The lowest BCUT2D eigenvalue weighted by molar-refractivity contribution is -0.120. The maximum atomic E-state index is 11.1. The summed E-state index contributed by atoms with van der Waals surface area (Å²) >= 11 is 0. The second-order valence-corrected chi connectivity index (χ2v) is 3.86. The Morgan fingerprint density at radius 3 is 2.78 bits per heavy atom. The van der Waals surface area contributed by atoms with E-state index in [2.05, 4.69) is 10.6 Å². The first-order valence-electron chi connectivity index (χ1n) is 6.05. The van der Waals surface area contributed by atoms with Crippen molar-refractivity contribution < 1.29 is 14.6 Å². The van der Waals surface area contributed by atoms with Crippen LogP contribution in [0.25, 0.3) is 0 Å². The van der Waals surface area contributed by atoms with Gasteiger partial charge in [-0.1, -0.05) is 18.2 Å². The molecule has 1 amide bonds. The number of benzene rings is 1. The third kappa shape index (κ3) is 6.22. The molecule has 0 aromatic heterocycles. The van der Waals surface area contributed by atoms with Crippen LogP contribution in [0.3, 0.4) is 0 Å². The maximum absolute atomic E-state index is 11.1. The van der Waals surface area contributed by atoms with Crippen molar-refractivity contribution >= 4 is 5.91 Å². The van der Waals surface area contributed by atoms with Crippen LogP contribution in [-0.4, -0.2) is 43.4 Å². The first-order valence-corrected chi connectivity index (χ1v) is 6.05. The average Bonchev–Trinajstić information content (AvgIpc) is 2.38. The molecular weight excluding hydrogens is 232 g/mol. The van der Waals surface area contributed by atoms with Gasteiger partial charge in [0.1, 0.15) is 18.5 Å². The molecule has 1 aromatic rings. The van der Waals surface area contributed by atoms with E-state index in [1.54, 1.807) is 0 Å². The highest BCUT2D eigenvalue weighted by Crippen LogP contribution is 2.08. The van der Waals surface area contributed by atoms with Crippen LogP contribution in [0.15, 0.2) is 30.3 Å². The molecule has 0 aliphatic rings. The van der Waals surface area contributed by atoms with Crippen molar-refractivity contribution in [2.75, 3.05) is 26.2 Å². The highest BCUT2D eigenvalue weighted by atomic mass is 16.5. The molecule has 1 atom stereocenters. The zero-order chi connectivity index (χ0) is 13.2. The molecule has 18 heavy (non-hydrogen) atoms. The second-order valence-electron chi connectivity index (χ2n) is 3.86. The average molecular weight is 252 g/mol. The van der Waals surface area contributed by atoms with Crippen molar-refractivity contribution in [3.8, 4) is 5.75 Å². The van der Waals surface area contributed by atoms with E-state index in [-0.39, 0.29) is 19.1 Å². The lowest BCUT2D eigenvalue weighted by Gasteiger charge is -2.13. The summed E-state index contributed by atoms with van der Waals surface area (Å²) < 4.78 is 5.38. The fourth-order valence-electron chi connectivity index (χ4n) is 1.38. The van der Waals surface area contributed by atoms with E-state index >= 15 is 0 Å². The molecule has 5 nitrogen and oxygen atoms in total. The fraction of sp³-hybridized carbons (Fsp3) is 0.462. The quantitative estimate of drug-likeness (QED) is 0.616. The third-order valence-corrected chi connectivity index (χ3v) is 2.23. The smallest absolute Gasteiger partial charge is 0.233 e. The molecule has 1 rings (SSSR count). The molecule has 0 spiro atoms. The Bertz CT molecular complexity index is 343. The van der Waals surface area contributed by atoms with Gasteiger partial charge in [-0.05, 0) is 19.1 Å². The van der Waals surface area contributed by atoms with Gasteiger partial charge in [0.05, 0.1) is 6.54 Å². The number of hydrogen-bond donors (Lipinski definition) is 3. The minimum absolute atomic E-state index is 0.0753. The Balaban J connectivity index is 2.11. The fourth-order valence-corrected chi connectivity index (χ4v) is 1.38. The van der Waals surface area contributed by atoms with Crippen LogP contribution in [0.1, 0.15) is 6.92 Å². The molecule has 3 N–H and O–H groups in total. The van der Waals surface area contributed by atoms with E-state index in [9.17, 15) is 9.90 Å². The van der Waals surface area contributed by atoms with Gasteiger partial charge in [-0.2, -0.15) is 0 Å². The molecule has 0 saturated heterocycles. The monoisotopic (exact) mass is 252 g/mol. The number of likely N-dealkylation sites (N-methyl/N-ethyl adjacent to an activating group) is 1. The van der Waals surface area contributed by atoms with Gasteiger partial charge in [-0.3, -0.25) is 4.79 Å². The van der Waals surface area contributed by atoms with Crippen LogP contribution in [-0.2, 0) is 4.79 Å². The first-order chi connectivity index (χ1) is 8.72. The van der Waals surface area contributed by atoms with Crippen molar-refractivity contribution in [1.82, 2.24) is 10.6 Å². The van der Waals surface area contributed by atoms with E-state index in [4.69, 9.17) is 4.74 Å². The highest BCUT2D eigenvalue weighted by Gasteiger charge is 2.06. The lowest BCUT2D eigenvalue weighted by Crippen LogP contribution is -2.38. The number of aliphatic hydroxyl groups excluding tert-OH is 1. The van der Waals surface area contributed by atoms with E-state index in [0.29, 0.717) is 13.1 Å². The molecule has 1 aromatic carbocycles. The molecule has 0 radical (unpaired) electrons. The molecule has 0 heterocycles. The maximum Gasteiger partial charge on any atom is 0.233 e. The van der Waals surface area contributed by atoms with Crippen LogP contribution >= 0.6 is 0 Å². The first kappa shape index (κ1) is 14.5. The summed E-state index contributed by atoms with van der Waals surface area (Å²) in [6, 6.07) is 9.30. The van der Waals surface area contributed by atoms with Crippen molar-refractivity contribution in [3.63, 3.8) is 0 Å². The second kappa shape index (κ2) is 8.49. The van der Waals surface area contributed by atoms with Crippen LogP contribution in [0, 0.1) is 0 Å². The molecule has 0 saturated carbocycles. The number of carbonyl (C=O) groups is 1. The Hall–Kier alpha value is -1.59. The third-order valence-electron chi connectivity index (χ3n) is 2.23. The van der Waals surface area contributed by atoms with Gasteiger partial charge in [0.15, 0.2) is 0 Å². The molecular formula is C13H20N2O3. The standard InChI is InChI=1S/C13H20N2O3/c1-2-15-13(17)9-14-8-11(16)10-18-12-6-4-3-5-7-12/h3-7,11,14,16H,2,8-10H2,1H3,(H,15,17). The minimum Gasteiger partial charge on any atom is -0.491 e. The van der Waals surface area contributed by atoms with Gasteiger partial charge in [0.25, 0.3) is 0 Å². The van der Waals surface area contributed by atoms with E-state index in [1.807, 2.05) is 37.3 Å². The normalized spacial score (nSPS) is 11.9. The number of carbonyl (C=O) groups excluding carboxylic acids is 1. The molecule has 0 aliphatic carbocycles. The number of hydrogen-bond acceptors (Lipinski definition) is 4. The van der Waals surface area contributed by atoms with Crippen LogP contribution in [0.2, 0.25) is 0 Å². The van der Waals surface area contributed by atoms with Gasteiger partial charge in [-0.15, -0.1) is 0 Å². The zero-order valence-corrected chi connectivity index (χ0v) is 10.6. The summed E-state index contributed by atoms with van der Waals surface area (Å²) in [6.07, 6.45) is -0.639. The number of amides is 1. The molecule has 100 valence electrons. The Kier molecular flexibility index (Phi) is 6.83. The van der Waals surface area contributed by atoms with Crippen molar-refractivity contribution in [3.05, 3.63) is 30.3 Å². The summed E-state index contributed by atoms with van der Waals surface area (Å²) in [7, 11) is 0. The topological polar surface area (TPSA) is 70.6 Å². The molecule has 0 aliphatic heterocycles. The summed E-state index contributed by atoms with van der Waals surface area (Å²) in [5, 5.41) is 15.2. The number of nitrogens with one attached hydrogen (secondary N) is 2. The largest absolute Gasteiger partial charge is 0.491 e. The minimum atomic E-state index is -0.639. The summed E-state index contributed by atoms with van der Waals surface area (Å²) in [4.78, 5) is 11.1. The van der Waals surface area contributed by atoms with E-state index < -0.39 is 6.10 Å². The summed E-state index contributed by atoms with van der Waals surface area (Å²) in [5.74, 6) is 0.647. The van der Waals surface area contributed by atoms with Crippen LogP contribution in [0.4, 0.5) is 0 Å². The summed E-state index contributed by atoms with van der Waals surface area (Å²) in [5.41, 5.74) is 0. The van der Waals surface area contributed by atoms with E-state index in [0.717, 1.165) is 5.75 Å². The van der Waals surface area contributed by atoms with Crippen molar-refractivity contribution in [2.24, 2.45) is 0 Å². The van der Waals surface area contributed by atoms with Gasteiger partial charge in [0.2, 0.25) is 5.91 Å². The van der Waals surface area contributed by atoms with Crippen molar-refractivity contribution in [1.29, 1.82) is 0 Å².